The van der Waals surface area contributed by atoms with Crippen molar-refractivity contribution in [2.24, 2.45) is 0 Å². The molecule has 0 N–H and O–H groups in total. The number of hydrogen-bond acceptors (Lipinski definition) is 0. The van der Waals surface area contributed by atoms with Gasteiger partial charge in [-0.2, -0.15) is 22.0 Å². The minimum atomic E-state index is -5.65. The second kappa shape index (κ2) is 3.47. The lowest BCUT2D eigenvalue weighted by molar-refractivity contribution is -0.273. The Balaban J connectivity index is 4.44. The maximum atomic E-state index is 12.1. The van der Waals surface area contributed by atoms with E-state index >= 15 is 0 Å². The molecule has 0 spiro atoms. The molecule has 0 amide bonds. The molecule has 0 saturated heterocycles. The van der Waals surface area contributed by atoms with Gasteiger partial charge in [0.15, 0.2) is 0 Å². The van der Waals surface area contributed by atoms with Gasteiger partial charge in [0.25, 0.3) is 0 Å². The Labute approximate surface area is 79.7 Å². The summed E-state index contributed by atoms with van der Waals surface area (Å²) in [5, 5.41) is 0. The van der Waals surface area contributed by atoms with Gasteiger partial charge in [0.1, 0.15) is 0 Å². The Bertz CT molecular complexity index is 160. The van der Waals surface area contributed by atoms with Gasteiger partial charge in [-0.05, 0) is 0 Å². The highest BCUT2D eigenvalue weighted by Crippen LogP contribution is 2.44. The van der Waals surface area contributed by atoms with E-state index in [0.717, 1.165) is 0 Å². The van der Waals surface area contributed by atoms with Crippen molar-refractivity contribution >= 4 is 39.2 Å². The van der Waals surface area contributed by atoms with Gasteiger partial charge in [-0.25, -0.2) is 0 Å². The standard InChI is InChI=1S/C3H2Cl3F5Si/c4-12(5,6)1-2(7,8)3(9,10)11/h1H2. The van der Waals surface area contributed by atoms with Crippen LogP contribution >= 0.6 is 33.2 Å². The molecule has 0 saturated carbocycles. The lowest BCUT2D eigenvalue weighted by atomic mass is 10.4. The molecule has 0 atom stereocenters. The molecule has 0 radical (unpaired) electrons. The summed E-state index contributed by atoms with van der Waals surface area (Å²) < 4.78 is 58.5. The van der Waals surface area contributed by atoms with Crippen LogP contribution < -0.4 is 0 Å². The van der Waals surface area contributed by atoms with Crippen molar-refractivity contribution in [2.75, 3.05) is 0 Å². The van der Waals surface area contributed by atoms with Crippen molar-refractivity contribution in [2.45, 2.75) is 18.1 Å². The quantitative estimate of drug-likeness (QED) is 0.405. The zero-order chi connectivity index (χ0) is 10.2. The van der Waals surface area contributed by atoms with Crippen LogP contribution in [0.1, 0.15) is 0 Å². The van der Waals surface area contributed by atoms with Gasteiger partial charge in [-0.3, -0.25) is 0 Å². The molecular weight excluding hydrogens is 265 g/mol. The molecule has 0 aliphatic rings. The van der Waals surface area contributed by atoms with Crippen LogP contribution in [0.4, 0.5) is 22.0 Å². The van der Waals surface area contributed by atoms with E-state index in [2.05, 4.69) is 0 Å². The van der Waals surface area contributed by atoms with Crippen molar-refractivity contribution in [1.82, 2.24) is 0 Å². The van der Waals surface area contributed by atoms with Crippen LogP contribution in [0.15, 0.2) is 0 Å². The molecule has 0 aliphatic heterocycles. The average molecular weight is 267 g/mol. The average Bonchev–Trinajstić information content (AvgIpc) is 1.52. The van der Waals surface area contributed by atoms with Crippen molar-refractivity contribution in [3.05, 3.63) is 0 Å². The Morgan fingerprint density at radius 3 is 1.33 bits per heavy atom. The van der Waals surface area contributed by atoms with Gasteiger partial charge in [0.05, 0.1) is 6.04 Å². The number of rotatable bonds is 2. The Morgan fingerprint density at radius 1 is 0.917 bits per heavy atom. The predicted molar refractivity (Wildman–Crippen MR) is 39.1 cm³/mol. The third kappa shape index (κ3) is 4.11. The molecule has 0 fully saturated rings. The van der Waals surface area contributed by atoms with E-state index in [-0.39, 0.29) is 0 Å². The summed E-state index contributed by atoms with van der Waals surface area (Å²) in [5.41, 5.74) is 0. The molecule has 0 aromatic rings. The SMILES string of the molecule is FC(F)(F)C(F)(F)C[Si](Cl)(Cl)Cl. The summed E-state index contributed by atoms with van der Waals surface area (Å²) >= 11 is 14.7. The molecule has 0 bridgehead atoms. The molecule has 0 aliphatic carbocycles. The van der Waals surface area contributed by atoms with Gasteiger partial charge < -0.3 is 0 Å². The van der Waals surface area contributed by atoms with Crippen LogP contribution in [-0.4, -0.2) is 18.1 Å². The zero-order valence-corrected chi connectivity index (χ0v) is 8.50. The van der Waals surface area contributed by atoms with Crippen molar-refractivity contribution in [3.8, 4) is 0 Å². The first kappa shape index (κ1) is 12.7. The second-order valence-electron chi connectivity index (χ2n) is 1.99. The normalized spacial score (nSPS) is 15.0. The molecule has 0 aromatic heterocycles. The van der Waals surface area contributed by atoms with Gasteiger partial charge in [0.2, 0.25) is 0 Å². The van der Waals surface area contributed by atoms with E-state index in [4.69, 9.17) is 33.2 Å². The van der Waals surface area contributed by atoms with E-state index in [1.807, 2.05) is 0 Å². The molecule has 12 heavy (non-hydrogen) atoms. The maximum absolute atomic E-state index is 12.1. The van der Waals surface area contributed by atoms with Crippen LogP contribution in [0.5, 0.6) is 0 Å². The summed E-state index contributed by atoms with van der Waals surface area (Å²) in [7, 11) is 0. The first-order chi connectivity index (χ1) is 4.96. The molecule has 0 aromatic carbocycles. The summed E-state index contributed by atoms with van der Waals surface area (Å²) in [5.74, 6) is -4.91. The van der Waals surface area contributed by atoms with Crippen LogP contribution in [0.2, 0.25) is 6.04 Å². The molecule has 0 nitrogen and oxygen atoms in total. The zero-order valence-electron chi connectivity index (χ0n) is 5.23. The molecular formula is C3H2Cl3F5Si. The fourth-order valence-electron chi connectivity index (χ4n) is 0.352. The van der Waals surface area contributed by atoms with Crippen molar-refractivity contribution in [1.29, 1.82) is 0 Å². The lowest BCUT2D eigenvalue weighted by Crippen LogP contribution is -2.40. The van der Waals surface area contributed by atoms with E-state index in [1.165, 1.54) is 0 Å². The highest BCUT2D eigenvalue weighted by atomic mass is 35.8. The van der Waals surface area contributed by atoms with Crippen molar-refractivity contribution < 1.29 is 22.0 Å². The van der Waals surface area contributed by atoms with Crippen LogP contribution in [0.3, 0.4) is 0 Å². The minimum absolute atomic E-state index is 1.74. The first-order valence-electron chi connectivity index (χ1n) is 2.47. The van der Waals surface area contributed by atoms with Crippen LogP contribution in [0.25, 0.3) is 0 Å². The third-order valence-corrected chi connectivity index (χ3v) is 2.88. The summed E-state index contributed by atoms with van der Waals surface area (Å²) in [6.45, 7) is 0. The van der Waals surface area contributed by atoms with Crippen LogP contribution in [-0.2, 0) is 0 Å². The molecule has 0 heterocycles. The topological polar surface area (TPSA) is 0 Å². The largest absolute Gasteiger partial charge is 0.453 e. The predicted octanol–water partition coefficient (Wildman–Crippen LogP) is 3.84. The summed E-state index contributed by atoms with van der Waals surface area (Å²) in [6, 6.07) is -5.70. The van der Waals surface area contributed by atoms with E-state index in [9.17, 15) is 22.0 Å². The van der Waals surface area contributed by atoms with E-state index in [0.29, 0.717) is 0 Å². The highest BCUT2D eigenvalue weighted by Gasteiger charge is 2.60. The summed E-state index contributed by atoms with van der Waals surface area (Å²) in [4.78, 5) is 0. The Morgan fingerprint density at radius 2 is 1.25 bits per heavy atom. The Kier molecular flexibility index (Phi) is 3.69. The van der Waals surface area contributed by atoms with Gasteiger partial charge in [-0.1, -0.05) is 0 Å². The van der Waals surface area contributed by atoms with Gasteiger partial charge in [-0.15, -0.1) is 33.2 Å². The smallest absolute Gasteiger partial charge is 0.197 e. The van der Waals surface area contributed by atoms with Crippen LogP contribution in [0, 0.1) is 0 Å². The fraction of sp³-hybridized carbons (Fsp3) is 1.00. The monoisotopic (exact) mass is 266 g/mol. The van der Waals surface area contributed by atoms with Gasteiger partial charge >= 0.3 is 18.1 Å². The van der Waals surface area contributed by atoms with Gasteiger partial charge in [0, 0.05) is 0 Å². The minimum Gasteiger partial charge on any atom is -0.197 e. The second-order valence-corrected chi connectivity index (χ2v) is 11.1. The lowest BCUT2D eigenvalue weighted by Gasteiger charge is -2.21. The maximum Gasteiger partial charge on any atom is 0.453 e. The highest BCUT2D eigenvalue weighted by molar-refractivity contribution is 7.64. The number of hydrogen-bond donors (Lipinski definition) is 0. The summed E-state index contributed by atoms with van der Waals surface area (Å²) in [6.07, 6.45) is -5.65. The number of alkyl halides is 5. The van der Waals surface area contributed by atoms with E-state index < -0.39 is 24.1 Å². The van der Waals surface area contributed by atoms with E-state index in [1.54, 1.807) is 0 Å². The molecule has 0 unspecified atom stereocenters. The first-order valence-corrected chi connectivity index (χ1v) is 7.71. The molecule has 0 rings (SSSR count). The molecule has 9 heteroatoms. The number of halogens is 8. The molecule has 74 valence electrons. The fourth-order valence-corrected chi connectivity index (χ4v) is 2.57. The third-order valence-electron chi connectivity index (χ3n) is 0.837. The van der Waals surface area contributed by atoms with Crippen molar-refractivity contribution in [3.63, 3.8) is 0 Å². The Hall–Kier alpha value is 0.737.